The Balaban J connectivity index is 1.96. The number of nitriles is 1. The number of fused-ring (bicyclic) bond motifs is 1. The van der Waals surface area contributed by atoms with E-state index in [0.717, 1.165) is 6.42 Å². The number of rotatable bonds is 1. The van der Waals surface area contributed by atoms with E-state index in [9.17, 15) is 10.4 Å². The minimum atomic E-state index is -0.919. The molecule has 0 bridgehead atoms. The summed E-state index contributed by atoms with van der Waals surface area (Å²) < 4.78 is 5.45. The van der Waals surface area contributed by atoms with Gasteiger partial charge in [-0.05, 0) is 36.8 Å². The van der Waals surface area contributed by atoms with E-state index in [0.29, 0.717) is 38.9 Å². The lowest BCUT2D eigenvalue weighted by molar-refractivity contribution is -0.0657. The van der Waals surface area contributed by atoms with Gasteiger partial charge in [-0.2, -0.15) is 5.26 Å². The molecule has 3 heteroatoms. The van der Waals surface area contributed by atoms with Crippen molar-refractivity contribution in [1.82, 2.24) is 0 Å². The van der Waals surface area contributed by atoms with Crippen LogP contribution in [0.25, 0.3) is 0 Å². The highest BCUT2D eigenvalue weighted by Gasteiger charge is 2.53. The lowest BCUT2D eigenvalue weighted by Gasteiger charge is -2.39. The van der Waals surface area contributed by atoms with Crippen molar-refractivity contribution in [3.63, 3.8) is 0 Å². The van der Waals surface area contributed by atoms with Crippen molar-refractivity contribution in [1.29, 1.82) is 5.26 Å². The molecule has 100 valence electrons. The van der Waals surface area contributed by atoms with Gasteiger partial charge in [-0.15, -0.1) is 0 Å². The van der Waals surface area contributed by atoms with Crippen molar-refractivity contribution in [3.05, 3.63) is 35.4 Å². The van der Waals surface area contributed by atoms with Gasteiger partial charge in [0.15, 0.2) is 0 Å². The molecule has 1 aromatic carbocycles. The second-order valence-corrected chi connectivity index (χ2v) is 5.81. The SMILES string of the molecule is N#CC1(C2(O)CCCOCC2)Cc2ccccc2C1. The second-order valence-electron chi connectivity index (χ2n) is 5.81. The van der Waals surface area contributed by atoms with E-state index in [1.807, 2.05) is 12.1 Å². The molecule has 0 radical (unpaired) electrons. The Morgan fingerprint density at radius 3 is 2.42 bits per heavy atom. The Morgan fingerprint density at radius 1 is 1.11 bits per heavy atom. The maximum Gasteiger partial charge on any atom is 0.0941 e. The summed E-state index contributed by atoms with van der Waals surface area (Å²) in [4.78, 5) is 0. The quantitative estimate of drug-likeness (QED) is 0.839. The summed E-state index contributed by atoms with van der Waals surface area (Å²) in [7, 11) is 0. The average Bonchev–Trinajstić information content (AvgIpc) is 2.69. The van der Waals surface area contributed by atoms with Gasteiger partial charge < -0.3 is 9.84 Å². The van der Waals surface area contributed by atoms with Crippen LogP contribution in [0.1, 0.15) is 30.4 Å². The maximum atomic E-state index is 11.1. The van der Waals surface area contributed by atoms with Gasteiger partial charge in [-0.3, -0.25) is 0 Å². The van der Waals surface area contributed by atoms with Crippen LogP contribution in [-0.4, -0.2) is 23.9 Å². The highest BCUT2D eigenvalue weighted by molar-refractivity contribution is 5.39. The minimum absolute atomic E-state index is 0.552. The summed E-state index contributed by atoms with van der Waals surface area (Å²) in [5.41, 5.74) is 0.826. The molecule has 0 aromatic heterocycles. The third-order valence-electron chi connectivity index (χ3n) is 4.75. The number of aliphatic hydroxyl groups is 1. The minimum Gasteiger partial charge on any atom is -0.388 e. The number of hydrogen-bond acceptors (Lipinski definition) is 3. The summed E-state index contributed by atoms with van der Waals surface area (Å²) in [6, 6.07) is 10.6. The average molecular weight is 257 g/mol. The van der Waals surface area contributed by atoms with Gasteiger partial charge in [0.1, 0.15) is 0 Å². The van der Waals surface area contributed by atoms with E-state index >= 15 is 0 Å². The van der Waals surface area contributed by atoms with Crippen molar-refractivity contribution in [2.45, 2.75) is 37.7 Å². The molecule has 0 amide bonds. The third kappa shape index (κ3) is 1.96. The van der Waals surface area contributed by atoms with Gasteiger partial charge >= 0.3 is 0 Å². The molecule has 0 saturated carbocycles. The second kappa shape index (κ2) is 4.63. The maximum absolute atomic E-state index is 11.1. The summed E-state index contributed by atoms with van der Waals surface area (Å²) in [5, 5.41) is 20.8. The largest absolute Gasteiger partial charge is 0.388 e. The number of nitrogens with zero attached hydrogens (tertiary/aromatic N) is 1. The first-order valence-electron chi connectivity index (χ1n) is 6.97. The fourth-order valence-electron chi connectivity index (χ4n) is 3.54. The molecule has 1 aliphatic carbocycles. The first kappa shape index (κ1) is 12.7. The number of ether oxygens (including phenoxy) is 1. The Bertz CT molecular complexity index is 485. The fourth-order valence-corrected chi connectivity index (χ4v) is 3.54. The molecule has 1 aromatic rings. The Labute approximate surface area is 113 Å². The summed E-state index contributed by atoms with van der Waals surface area (Å²) in [6.07, 6.45) is 3.38. The van der Waals surface area contributed by atoms with Gasteiger partial charge in [0.05, 0.1) is 17.1 Å². The van der Waals surface area contributed by atoms with E-state index < -0.39 is 11.0 Å². The fraction of sp³-hybridized carbons (Fsp3) is 0.562. The molecule has 1 fully saturated rings. The van der Waals surface area contributed by atoms with Crippen LogP contribution in [0.2, 0.25) is 0 Å². The zero-order chi connectivity index (χ0) is 13.3. The van der Waals surface area contributed by atoms with E-state index in [1.165, 1.54) is 11.1 Å². The number of benzene rings is 1. The summed E-state index contributed by atoms with van der Waals surface area (Å²) >= 11 is 0. The molecule has 3 nitrogen and oxygen atoms in total. The molecular weight excluding hydrogens is 238 g/mol. The van der Waals surface area contributed by atoms with Crippen LogP contribution in [0.3, 0.4) is 0 Å². The van der Waals surface area contributed by atoms with Gasteiger partial charge in [0.25, 0.3) is 0 Å². The molecule has 1 atom stereocenters. The van der Waals surface area contributed by atoms with Gasteiger partial charge in [-0.1, -0.05) is 24.3 Å². The molecule has 1 heterocycles. The Hall–Kier alpha value is -1.37. The van der Waals surface area contributed by atoms with E-state index in [4.69, 9.17) is 4.74 Å². The predicted octanol–water partition coefficient (Wildman–Crippen LogP) is 2.23. The zero-order valence-corrected chi connectivity index (χ0v) is 11.1. The molecule has 3 rings (SSSR count). The van der Waals surface area contributed by atoms with Gasteiger partial charge in [0.2, 0.25) is 0 Å². The summed E-state index contributed by atoms with van der Waals surface area (Å²) in [5.74, 6) is 0. The van der Waals surface area contributed by atoms with E-state index in [1.54, 1.807) is 0 Å². The zero-order valence-electron chi connectivity index (χ0n) is 11.1. The van der Waals surface area contributed by atoms with E-state index in [-0.39, 0.29) is 0 Å². The molecule has 1 aliphatic heterocycles. The van der Waals surface area contributed by atoms with Gasteiger partial charge in [0, 0.05) is 19.6 Å². The molecule has 1 N–H and O–H groups in total. The lowest BCUT2D eigenvalue weighted by atomic mass is 9.67. The highest BCUT2D eigenvalue weighted by Crippen LogP contribution is 2.48. The van der Waals surface area contributed by atoms with Crippen LogP contribution in [-0.2, 0) is 17.6 Å². The molecule has 0 spiro atoms. The van der Waals surface area contributed by atoms with Crippen molar-refractivity contribution >= 4 is 0 Å². The van der Waals surface area contributed by atoms with Crippen LogP contribution in [0.15, 0.2) is 24.3 Å². The molecular formula is C16H19NO2. The van der Waals surface area contributed by atoms with Crippen molar-refractivity contribution in [2.75, 3.05) is 13.2 Å². The summed E-state index contributed by atoms with van der Waals surface area (Å²) in [6.45, 7) is 1.24. The van der Waals surface area contributed by atoms with Crippen LogP contribution in [0, 0.1) is 16.7 Å². The van der Waals surface area contributed by atoms with Crippen LogP contribution < -0.4 is 0 Å². The molecule has 1 saturated heterocycles. The van der Waals surface area contributed by atoms with Crippen LogP contribution >= 0.6 is 0 Å². The monoisotopic (exact) mass is 257 g/mol. The molecule has 2 aliphatic rings. The van der Waals surface area contributed by atoms with Gasteiger partial charge in [-0.25, -0.2) is 0 Å². The first-order chi connectivity index (χ1) is 9.19. The third-order valence-corrected chi connectivity index (χ3v) is 4.75. The van der Waals surface area contributed by atoms with Crippen molar-refractivity contribution in [2.24, 2.45) is 5.41 Å². The Kier molecular flexibility index (Phi) is 3.08. The smallest absolute Gasteiger partial charge is 0.0941 e. The van der Waals surface area contributed by atoms with Crippen LogP contribution in [0.5, 0.6) is 0 Å². The van der Waals surface area contributed by atoms with Crippen molar-refractivity contribution in [3.8, 4) is 6.07 Å². The predicted molar refractivity (Wildman–Crippen MR) is 71.5 cm³/mol. The van der Waals surface area contributed by atoms with Crippen LogP contribution in [0.4, 0.5) is 0 Å². The van der Waals surface area contributed by atoms with E-state index in [2.05, 4.69) is 18.2 Å². The lowest BCUT2D eigenvalue weighted by Crippen LogP contribution is -2.48. The topological polar surface area (TPSA) is 53.2 Å². The molecule has 1 unspecified atom stereocenters. The Morgan fingerprint density at radius 2 is 1.79 bits per heavy atom. The normalized spacial score (nSPS) is 29.3. The van der Waals surface area contributed by atoms with Crippen molar-refractivity contribution < 1.29 is 9.84 Å². The number of hydrogen-bond donors (Lipinski definition) is 1. The standard InChI is InChI=1S/C16H19NO2/c17-12-15(16(18)6-3-8-19-9-7-16)10-13-4-1-2-5-14(13)11-15/h1-2,4-5,18H,3,6-11H2. The first-order valence-corrected chi connectivity index (χ1v) is 6.97. The molecule has 19 heavy (non-hydrogen) atoms. The highest BCUT2D eigenvalue weighted by atomic mass is 16.5.